The smallest absolute Gasteiger partial charge is 0.236 e. The van der Waals surface area contributed by atoms with Crippen molar-refractivity contribution in [2.45, 2.75) is 91.8 Å². The Kier molecular flexibility index (Phi) is 12.1. The first-order valence-electron chi connectivity index (χ1n) is 16.5. The fraction of sp³-hybridized carbons (Fsp3) is 0.474. The van der Waals surface area contributed by atoms with Crippen LogP contribution in [0.25, 0.3) is 27.6 Å². The molecule has 0 saturated carbocycles. The second kappa shape index (κ2) is 15.8. The predicted molar refractivity (Wildman–Crippen MR) is 188 cm³/mol. The van der Waals surface area contributed by atoms with Crippen LogP contribution in [-0.4, -0.2) is 59.4 Å². The Morgan fingerprint density at radius 1 is 1.24 bits per heavy atom. The van der Waals surface area contributed by atoms with Gasteiger partial charge in [-0.1, -0.05) is 56.8 Å². The van der Waals surface area contributed by atoms with Gasteiger partial charge in [0.1, 0.15) is 0 Å². The van der Waals surface area contributed by atoms with Gasteiger partial charge < -0.3 is 14.7 Å². The molecule has 2 aromatic carbocycles. The fourth-order valence-electron chi connectivity index (χ4n) is 6.67. The minimum atomic E-state index is -0.375. The summed E-state index contributed by atoms with van der Waals surface area (Å²) in [7, 11) is 1.66. The van der Waals surface area contributed by atoms with Crippen LogP contribution in [0, 0.1) is 10.8 Å². The molecule has 3 aromatic rings. The molecular formula is C38H52N4O4. The second-order valence-electron chi connectivity index (χ2n) is 13.3. The number of aryl methyl sites for hydroxylation is 2. The van der Waals surface area contributed by atoms with Crippen LogP contribution in [0.2, 0.25) is 0 Å². The Bertz CT molecular complexity index is 1570. The normalized spacial score (nSPS) is 16.8. The molecule has 1 saturated heterocycles. The molecule has 1 aromatic heterocycles. The molecule has 0 aliphatic carbocycles. The number of allylic oxidation sites excluding steroid dienone is 1. The van der Waals surface area contributed by atoms with E-state index in [4.69, 9.17) is 10.1 Å². The summed E-state index contributed by atoms with van der Waals surface area (Å²) in [5.74, 6) is 0.171. The highest BCUT2D eigenvalue weighted by Gasteiger charge is 2.28. The molecule has 1 amide bonds. The molecule has 1 aliphatic rings. The standard InChI is InChI=1S/C38H52N4O4/c1-8-31(27(4)45-7)34(24-39)37-33(23-38(5,6)25-46-44)32-22-30(18-19-35(32)41(37)9-2)29-16-10-14-28(21-29)15-11-17-36(43)42-20-12-13-26(3)40-42/h8,10,14,16,18-19,21-22,24,26-27,39-40,44H,1,9,11-13,15,17,20,23,25H2,2-7H3/b34-31-,39-24?/t26-,27+/m1/s1. The number of benzene rings is 2. The van der Waals surface area contributed by atoms with E-state index < -0.39 is 0 Å². The monoisotopic (exact) mass is 628 g/mol. The van der Waals surface area contributed by atoms with Gasteiger partial charge in [-0.05, 0) is 98.2 Å². The van der Waals surface area contributed by atoms with Crippen LogP contribution in [0.5, 0.6) is 0 Å². The number of rotatable bonds is 15. The summed E-state index contributed by atoms with van der Waals surface area (Å²) in [6.07, 6.45) is 7.87. The summed E-state index contributed by atoms with van der Waals surface area (Å²) in [5, 5.41) is 20.8. The van der Waals surface area contributed by atoms with Gasteiger partial charge in [-0.2, -0.15) is 0 Å². The molecule has 4 rings (SSSR count). The summed E-state index contributed by atoms with van der Waals surface area (Å²) >= 11 is 0. The minimum Gasteiger partial charge on any atom is -0.377 e. The highest BCUT2D eigenvalue weighted by Crippen LogP contribution is 2.39. The van der Waals surface area contributed by atoms with Gasteiger partial charge in [-0.3, -0.25) is 15.1 Å². The molecule has 0 bridgehead atoms. The van der Waals surface area contributed by atoms with E-state index in [1.165, 1.54) is 11.8 Å². The van der Waals surface area contributed by atoms with Crippen molar-refractivity contribution < 1.29 is 19.7 Å². The number of hydrazine groups is 1. The summed E-state index contributed by atoms with van der Waals surface area (Å²) in [6, 6.07) is 15.5. The maximum atomic E-state index is 12.8. The van der Waals surface area contributed by atoms with Gasteiger partial charge in [0.15, 0.2) is 0 Å². The highest BCUT2D eigenvalue weighted by molar-refractivity contribution is 6.12. The molecule has 2 atom stereocenters. The number of nitrogens with one attached hydrogen (secondary N) is 2. The van der Waals surface area contributed by atoms with E-state index in [0.717, 1.165) is 76.7 Å². The number of ether oxygens (including phenoxy) is 1. The van der Waals surface area contributed by atoms with Crippen molar-refractivity contribution in [1.29, 1.82) is 5.41 Å². The Morgan fingerprint density at radius 2 is 2.00 bits per heavy atom. The lowest BCUT2D eigenvalue weighted by Gasteiger charge is -2.32. The average molecular weight is 629 g/mol. The fourth-order valence-corrected chi connectivity index (χ4v) is 6.67. The zero-order valence-electron chi connectivity index (χ0n) is 28.5. The van der Waals surface area contributed by atoms with Crippen molar-refractivity contribution >= 4 is 28.6 Å². The largest absolute Gasteiger partial charge is 0.377 e. The maximum Gasteiger partial charge on any atom is 0.236 e. The van der Waals surface area contributed by atoms with Crippen LogP contribution in [0.4, 0.5) is 0 Å². The highest BCUT2D eigenvalue weighted by atomic mass is 17.1. The molecule has 2 heterocycles. The molecule has 8 nitrogen and oxygen atoms in total. The number of nitrogens with zero attached hydrogens (tertiary/aromatic N) is 2. The number of fused-ring (bicyclic) bond motifs is 1. The van der Waals surface area contributed by atoms with Crippen LogP contribution in [-0.2, 0) is 33.8 Å². The van der Waals surface area contributed by atoms with Gasteiger partial charge >= 0.3 is 0 Å². The van der Waals surface area contributed by atoms with Crippen LogP contribution in [0.15, 0.2) is 60.7 Å². The van der Waals surface area contributed by atoms with Gasteiger partial charge in [-0.15, -0.1) is 0 Å². The number of carbonyl (C=O) groups excluding carboxylic acids is 1. The van der Waals surface area contributed by atoms with E-state index >= 15 is 0 Å². The molecule has 1 fully saturated rings. The lowest BCUT2D eigenvalue weighted by Crippen LogP contribution is -2.51. The van der Waals surface area contributed by atoms with E-state index in [1.54, 1.807) is 18.2 Å². The molecule has 3 N–H and O–H groups in total. The molecule has 0 unspecified atom stereocenters. The maximum absolute atomic E-state index is 12.8. The molecule has 46 heavy (non-hydrogen) atoms. The number of carbonyl (C=O) groups is 1. The van der Waals surface area contributed by atoms with Crippen molar-refractivity contribution in [3.63, 3.8) is 0 Å². The van der Waals surface area contributed by atoms with Gasteiger partial charge in [0.05, 0.1) is 18.4 Å². The first-order chi connectivity index (χ1) is 22.1. The van der Waals surface area contributed by atoms with Crippen LogP contribution in [0.3, 0.4) is 0 Å². The van der Waals surface area contributed by atoms with Gasteiger partial charge in [0, 0.05) is 55.4 Å². The molecule has 248 valence electrons. The van der Waals surface area contributed by atoms with Crippen molar-refractivity contribution in [3.8, 4) is 11.1 Å². The number of amides is 1. The molecule has 8 heteroatoms. The first kappa shape index (κ1) is 35.3. The van der Waals surface area contributed by atoms with E-state index in [0.29, 0.717) is 25.4 Å². The SMILES string of the molecule is C=C/C(=C(\C=N)c1c(CC(C)(C)COO)c2cc(-c3cccc(CCCC(=O)N4CCC[C@@H](C)N4)c3)ccc2n1CC)[C@H](C)OC. The third kappa shape index (κ3) is 8.04. The Balaban J connectivity index is 1.74. The van der Waals surface area contributed by atoms with Gasteiger partial charge in [-0.25, -0.2) is 10.3 Å². The summed E-state index contributed by atoms with van der Waals surface area (Å²) in [5.41, 5.74) is 11.1. The van der Waals surface area contributed by atoms with Crippen molar-refractivity contribution in [2.75, 3.05) is 20.3 Å². The number of hydrogen-bond donors (Lipinski definition) is 3. The van der Waals surface area contributed by atoms with Crippen LogP contribution in [0.1, 0.15) is 77.1 Å². The van der Waals surface area contributed by atoms with E-state index in [-0.39, 0.29) is 24.0 Å². The lowest BCUT2D eigenvalue weighted by molar-refractivity contribution is -0.259. The second-order valence-corrected chi connectivity index (χ2v) is 13.3. The zero-order chi connectivity index (χ0) is 33.4. The first-order valence-corrected chi connectivity index (χ1v) is 16.5. The zero-order valence-corrected chi connectivity index (χ0v) is 28.5. The summed E-state index contributed by atoms with van der Waals surface area (Å²) in [4.78, 5) is 17.4. The van der Waals surface area contributed by atoms with E-state index in [2.05, 4.69) is 91.6 Å². The van der Waals surface area contributed by atoms with Crippen molar-refractivity contribution in [1.82, 2.24) is 15.0 Å². The quantitative estimate of drug-likeness (QED) is 0.0689. The predicted octanol–water partition coefficient (Wildman–Crippen LogP) is 7.85. The lowest BCUT2D eigenvalue weighted by atomic mass is 9.83. The summed E-state index contributed by atoms with van der Waals surface area (Å²) < 4.78 is 7.95. The van der Waals surface area contributed by atoms with Crippen molar-refractivity contribution in [3.05, 3.63) is 77.5 Å². The third-order valence-corrected chi connectivity index (χ3v) is 9.13. The minimum absolute atomic E-state index is 0.171. The molecule has 0 spiro atoms. The third-order valence-electron chi connectivity index (χ3n) is 9.13. The summed E-state index contributed by atoms with van der Waals surface area (Å²) in [6.45, 7) is 16.1. The Labute approximate surface area is 274 Å². The average Bonchev–Trinajstić information content (AvgIpc) is 3.34. The number of aromatic nitrogens is 1. The number of methoxy groups -OCH3 is 1. The van der Waals surface area contributed by atoms with Crippen LogP contribution < -0.4 is 5.43 Å². The van der Waals surface area contributed by atoms with E-state index in [1.807, 2.05) is 6.92 Å². The number of hydrogen-bond acceptors (Lipinski definition) is 6. The topological polar surface area (TPSA) is 99.8 Å². The van der Waals surface area contributed by atoms with Gasteiger partial charge in [0.2, 0.25) is 5.91 Å². The Morgan fingerprint density at radius 3 is 2.65 bits per heavy atom. The van der Waals surface area contributed by atoms with E-state index in [9.17, 15) is 10.1 Å². The molecule has 0 radical (unpaired) electrons. The van der Waals surface area contributed by atoms with Gasteiger partial charge in [0.25, 0.3) is 0 Å². The molecular weight excluding hydrogens is 576 g/mol. The van der Waals surface area contributed by atoms with Crippen molar-refractivity contribution in [2.24, 2.45) is 5.41 Å². The molecule has 1 aliphatic heterocycles. The Hall–Kier alpha value is -3.56. The van der Waals surface area contributed by atoms with Crippen LogP contribution >= 0.6 is 0 Å².